The normalized spacial score (nSPS) is 20.9. The van der Waals surface area contributed by atoms with E-state index in [0.29, 0.717) is 17.9 Å². The van der Waals surface area contributed by atoms with Crippen LogP contribution in [0.15, 0.2) is 30.3 Å². The molecule has 1 aromatic rings. The van der Waals surface area contributed by atoms with Crippen molar-refractivity contribution in [1.82, 2.24) is 15.5 Å². The Morgan fingerprint density at radius 1 is 1.17 bits per heavy atom. The Morgan fingerprint density at radius 3 is 2.52 bits per heavy atom. The van der Waals surface area contributed by atoms with Gasteiger partial charge in [0.2, 0.25) is 0 Å². The Morgan fingerprint density at radius 2 is 1.87 bits per heavy atom. The Bertz CT molecular complexity index is 493. The van der Waals surface area contributed by atoms with Crippen LogP contribution in [0.25, 0.3) is 0 Å². The fourth-order valence-electron chi connectivity index (χ4n) is 3.40. The van der Waals surface area contributed by atoms with Crippen LogP contribution in [0, 0.1) is 11.8 Å². The van der Waals surface area contributed by atoms with Crippen molar-refractivity contribution in [3.63, 3.8) is 0 Å². The van der Waals surface area contributed by atoms with Gasteiger partial charge in [0.05, 0.1) is 0 Å². The number of nitrogens with one attached hydrogen (secondary N) is 2. The van der Waals surface area contributed by atoms with Gasteiger partial charge in [-0.05, 0) is 63.1 Å². The van der Waals surface area contributed by atoms with E-state index in [1.165, 1.54) is 31.2 Å². The molecule has 1 aliphatic heterocycles. The van der Waals surface area contributed by atoms with Crippen molar-refractivity contribution in [2.75, 3.05) is 19.6 Å². The largest absolute Gasteiger partial charge is 0.338 e. The van der Waals surface area contributed by atoms with E-state index >= 15 is 0 Å². The molecule has 0 bridgehead atoms. The summed E-state index contributed by atoms with van der Waals surface area (Å²) in [5.41, 5.74) is 1.39. The number of likely N-dealkylation sites (tertiary alicyclic amines) is 1. The van der Waals surface area contributed by atoms with Crippen molar-refractivity contribution in [3.8, 4) is 0 Å². The smallest absolute Gasteiger partial charge is 0.315 e. The van der Waals surface area contributed by atoms with Crippen LogP contribution in [0.3, 0.4) is 0 Å². The van der Waals surface area contributed by atoms with E-state index < -0.39 is 0 Å². The number of nitrogens with zero attached hydrogens (tertiary/aromatic N) is 1. The number of carbonyl (C=O) groups excluding carboxylic acids is 1. The summed E-state index contributed by atoms with van der Waals surface area (Å²) in [6, 6.07) is 11.0. The number of piperidine rings is 1. The van der Waals surface area contributed by atoms with Gasteiger partial charge in [-0.25, -0.2) is 4.79 Å². The van der Waals surface area contributed by atoms with Crippen molar-refractivity contribution in [3.05, 3.63) is 35.9 Å². The highest BCUT2D eigenvalue weighted by Gasteiger charge is 2.29. The molecule has 4 nitrogen and oxygen atoms in total. The first-order valence-corrected chi connectivity index (χ1v) is 9.01. The molecule has 2 aliphatic rings. The quantitative estimate of drug-likeness (QED) is 0.847. The van der Waals surface area contributed by atoms with Crippen LogP contribution in [0.5, 0.6) is 0 Å². The standard InChI is InChI=1S/C19H29N3O/c1-15(18-7-8-18)21-19(23)20-13-16-9-11-22(12-10-16)14-17-5-3-2-4-6-17/h2-6,15-16,18H,7-14H2,1H3,(H2,20,21,23). The maximum Gasteiger partial charge on any atom is 0.315 e. The molecule has 1 saturated heterocycles. The molecular formula is C19H29N3O. The van der Waals surface area contributed by atoms with E-state index in [-0.39, 0.29) is 6.03 Å². The summed E-state index contributed by atoms with van der Waals surface area (Å²) in [6.45, 7) is 6.21. The van der Waals surface area contributed by atoms with Gasteiger partial charge < -0.3 is 10.6 Å². The number of amides is 2. The predicted octanol–water partition coefficient (Wildman–Crippen LogP) is 3.00. The van der Waals surface area contributed by atoms with Gasteiger partial charge in [0.25, 0.3) is 0 Å². The lowest BCUT2D eigenvalue weighted by Crippen LogP contribution is -2.45. The number of carbonyl (C=O) groups is 1. The van der Waals surface area contributed by atoms with Gasteiger partial charge in [-0.15, -0.1) is 0 Å². The third kappa shape index (κ3) is 5.24. The Kier molecular flexibility index (Phi) is 5.55. The summed E-state index contributed by atoms with van der Waals surface area (Å²) in [7, 11) is 0. The van der Waals surface area contributed by atoms with Crippen LogP contribution in [0.2, 0.25) is 0 Å². The second-order valence-corrected chi connectivity index (χ2v) is 7.19. The highest BCUT2D eigenvalue weighted by Crippen LogP contribution is 2.32. The average Bonchev–Trinajstić information content (AvgIpc) is 3.40. The second-order valence-electron chi connectivity index (χ2n) is 7.19. The van der Waals surface area contributed by atoms with Crippen LogP contribution < -0.4 is 10.6 Å². The van der Waals surface area contributed by atoms with Gasteiger partial charge in [0.1, 0.15) is 0 Å². The summed E-state index contributed by atoms with van der Waals surface area (Å²) in [4.78, 5) is 14.4. The molecule has 4 heteroatoms. The molecule has 2 fully saturated rings. The van der Waals surface area contributed by atoms with E-state index in [1.54, 1.807) is 0 Å². The van der Waals surface area contributed by atoms with Crippen LogP contribution in [-0.4, -0.2) is 36.6 Å². The van der Waals surface area contributed by atoms with E-state index in [1.807, 2.05) is 0 Å². The van der Waals surface area contributed by atoms with Gasteiger partial charge in [0.15, 0.2) is 0 Å². The maximum atomic E-state index is 11.9. The van der Waals surface area contributed by atoms with Crippen molar-refractivity contribution in [2.24, 2.45) is 11.8 Å². The molecule has 126 valence electrons. The zero-order valence-electron chi connectivity index (χ0n) is 14.1. The van der Waals surface area contributed by atoms with Crippen LogP contribution in [0.1, 0.15) is 38.2 Å². The molecule has 1 aliphatic carbocycles. The SMILES string of the molecule is CC(NC(=O)NCC1CCN(Cc2ccccc2)CC1)C1CC1. The Labute approximate surface area is 139 Å². The molecule has 1 aromatic carbocycles. The first-order valence-electron chi connectivity index (χ1n) is 9.01. The molecule has 3 rings (SSSR count). The summed E-state index contributed by atoms with van der Waals surface area (Å²) < 4.78 is 0. The number of hydrogen-bond acceptors (Lipinski definition) is 2. The Balaban J connectivity index is 1.32. The van der Waals surface area contributed by atoms with Crippen molar-refractivity contribution in [2.45, 2.75) is 45.2 Å². The van der Waals surface area contributed by atoms with E-state index in [0.717, 1.165) is 26.2 Å². The zero-order chi connectivity index (χ0) is 16.1. The average molecular weight is 315 g/mol. The minimum atomic E-state index is 0.0103. The third-order valence-electron chi connectivity index (χ3n) is 5.20. The van der Waals surface area contributed by atoms with E-state index in [2.05, 4.69) is 52.8 Å². The maximum absolute atomic E-state index is 11.9. The molecule has 2 N–H and O–H groups in total. The third-order valence-corrected chi connectivity index (χ3v) is 5.20. The number of urea groups is 1. The minimum absolute atomic E-state index is 0.0103. The molecule has 2 amide bonds. The summed E-state index contributed by atoms with van der Waals surface area (Å²) >= 11 is 0. The molecule has 1 atom stereocenters. The monoisotopic (exact) mass is 315 g/mol. The fraction of sp³-hybridized carbons (Fsp3) is 0.632. The van der Waals surface area contributed by atoms with Gasteiger partial charge in [-0.3, -0.25) is 4.90 Å². The molecular weight excluding hydrogens is 286 g/mol. The highest BCUT2D eigenvalue weighted by atomic mass is 16.2. The first-order chi connectivity index (χ1) is 11.2. The van der Waals surface area contributed by atoms with Crippen LogP contribution in [-0.2, 0) is 6.54 Å². The summed E-state index contributed by atoms with van der Waals surface area (Å²) in [5.74, 6) is 1.32. The van der Waals surface area contributed by atoms with Gasteiger partial charge in [-0.2, -0.15) is 0 Å². The molecule has 1 unspecified atom stereocenters. The first kappa shape index (κ1) is 16.3. The van der Waals surface area contributed by atoms with Gasteiger partial charge >= 0.3 is 6.03 Å². The fourth-order valence-corrected chi connectivity index (χ4v) is 3.40. The van der Waals surface area contributed by atoms with Crippen LogP contribution in [0.4, 0.5) is 4.79 Å². The topological polar surface area (TPSA) is 44.4 Å². The van der Waals surface area contributed by atoms with E-state index in [4.69, 9.17) is 0 Å². The molecule has 0 radical (unpaired) electrons. The number of rotatable bonds is 6. The number of benzene rings is 1. The number of hydrogen-bond donors (Lipinski definition) is 2. The minimum Gasteiger partial charge on any atom is -0.338 e. The summed E-state index contributed by atoms with van der Waals surface area (Å²) in [5, 5.41) is 6.12. The highest BCUT2D eigenvalue weighted by molar-refractivity contribution is 5.74. The van der Waals surface area contributed by atoms with Gasteiger partial charge in [0, 0.05) is 19.1 Å². The zero-order valence-corrected chi connectivity index (χ0v) is 14.1. The molecule has 1 heterocycles. The van der Waals surface area contributed by atoms with E-state index in [9.17, 15) is 4.79 Å². The lowest BCUT2D eigenvalue weighted by atomic mass is 9.96. The van der Waals surface area contributed by atoms with Crippen LogP contribution >= 0.6 is 0 Å². The predicted molar refractivity (Wildman–Crippen MR) is 93.2 cm³/mol. The molecule has 0 aromatic heterocycles. The Hall–Kier alpha value is -1.55. The van der Waals surface area contributed by atoms with Crippen molar-refractivity contribution < 1.29 is 4.79 Å². The molecule has 0 spiro atoms. The van der Waals surface area contributed by atoms with Crippen molar-refractivity contribution in [1.29, 1.82) is 0 Å². The molecule has 23 heavy (non-hydrogen) atoms. The lowest BCUT2D eigenvalue weighted by Gasteiger charge is -2.32. The lowest BCUT2D eigenvalue weighted by molar-refractivity contribution is 0.174. The second kappa shape index (κ2) is 7.82. The summed E-state index contributed by atoms with van der Waals surface area (Å²) in [6.07, 6.45) is 4.87. The van der Waals surface area contributed by atoms with Gasteiger partial charge in [-0.1, -0.05) is 30.3 Å². The molecule has 1 saturated carbocycles. The van der Waals surface area contributed by atoms with Crippen molar-refractivity contribution >= 4 is 6.03 Å².